The van der Waals surface area contributed by atoms with Gasteiger partial charge in [-0.1, -0.05) is 13.0 Å². The Balaban J connectivity index is 1.85. The second-order valence-electron chi connectivity index (χ2n) is 4.96. The predicted molar refractivity (Wildman–Crippen MR) is 94.3 cm³/mol. The zero-order chi connectivity index (χ0) is 17.4. The van der Waals surface area contributed by atoms with Gasteiger partial charge in [-0.25, -0.2) is 9.78 Å². The molecule has 3 N–H and O–H groups in total. The van der Waals surface area contributed by atoms with E-state index in [1.54, 1.807) is 35.6 Å². The maximum Gasteiger partial charge on any atom is 0.319 e. The van der Waals surface area contributed by atoms with Crippen molar-refractivity contribution in [2.75, 3.05) is 24.4 Å². The standard InChI is InChI=1S/C16H20N4O3S/c1-3-15-19-13(10-24-15)8-17-16(22)20-12-6-4-5-11(7-12)18-14(21)9-23-2/h4-7,10H,3,8-9H2,1-2H3,(H,18,21)(H2,17,20,22). The summed E-state index contributed by atoms with van der Waals surface area (Å²) in [6, 6.07) is 6.56. The minimum atomic E-state index is -0.332. The molecule has 24 heavy (non-hydrogen) atoms. The Morgan fingerprint density at radius 3 is 2.67 bits per heavy atom. The average Bonchev–Trinajstić information content (AvgIpc) is 3.01. The second kappa shape index (κ2) is 8.99. The first kappa shape index (κ1) is 17.9. The largest absolute Gasteiger partial charge is 0.375 e. The number of nitrogens with zero attached hydrogens (tertiary/aromatic N) is 1. The lowest BCUT2D eigenvalue weighted by Gasteiger charge is -2.09. The Labute approximate surface area is 144 Å². The number of benzene rings is 1. The van der Waals surface area contributed by atoms with E-state index in [1.165, 1.54) is 7.11 Å². The Morgan fingerprint density at radius 2 is 2.00 bits per heavy atom. The number of aromatic nitrogens is 1. The Hall–Kier alpha value is -2.45. The number of thiazole rings is 1. The molecule has 0 saturated carbocycles. The van der Waals surface area contributed by atoms with E-state index in [1.807, 2.05) is 12.3 Å². The molecule has 1 aromatic carbocycles. The van der Waals surface area contributed by atoms with Crippen LogP contribution in [-0.4, -0.2) is 30.6 Å². The third-order valence-electron chi connectivity index (χ3n) is 3.01. The summed E-state index contributed by atoms with van der Waals surface area (Å²) < 4.78 is 4.76. The van der Waals surface area contributed by atoms with Crippen molar-refractivity contribution in [3.8, 4) is 0 Å². The number of ether oxygens (including phenoxy) is 1. The molecular weight excluding hydrogens is 328 g/mol. The number of aryl methyl sites for hydroxylation is 1. The fraction of sp³-hybridized carbons (Fsp3) is 0.312. The van der Waals surface area contributed by atoms with E-state index in [0.29, 0.717) is 17.9 Å². The first-order chi connectivity index (χ1) is 11.6. The number of carbonyl (C=O) groups excluding carboxylic acids is 2. The van der Waals surface area contributed by atoms with E-state index in [4.69, 9.17) is 4.74 Å². The van der Waals surface area contributed by atoms with Crippen LogP contribution in [0.4, 0.5) is 16.2 Å². The number of anilines is 2. The van der Waals surface area contributed by atoms with E-state index in [2.05, 4.69) is 20.9 Å². The van der Waals surface area contributed by atoms with Crippen LogP contribution in [0.3, 0.4) is 0 Å². The molecule has 0 bridgehead atoms. The molecule has 8 heteroatoms. The van der Waals surface area contributed by atoms with Crippen LogP contribution < -0.4 is 16.0 Å². The molecule has 1 aromatic heterocycles. The van der Waals surface area contributed by atoms with Gasteiger partial charge in [-0.05, 0) is 24.6 Å². The van der Waals surface area contributed by atoms with Crippen molar-refractivity contribution in [3.63, 3.8) is 0 Å². The molecule has 1 heterocycles. The summed E-state index contributed by atoms with van der Waals surface area (Å²) in [7, 11) is 1.45. The summed E-state index contributed by atoms with van der Waals surface area (Å²) >= 11 is 1.58. The normalized spacial score (nSPS) is 10.2. The van der Waals surface area contributed by atoms with Crippen molar-refractivity contribution >= 4 is 34.6 Å². The molecule has 0 saturated heterocycles. The average molecular weight is 348 g/mol. The maximum absolute atomic E-state index is 11.9. The smallest absolute Gasteiger partial charge is 0.319 e. The lowest BCUT2D eigenvalue weighted by molar-refractivity contribution is -0.119. The van der Waals surface area contributed by atoms with Crippen LogP contribution in [0.2, 0.25) is 0 Å². The molecule has 2 aromatic rings. The number of nitrogens with one attached hydrogen (secondary N) is 3. The molecule has 128 valence electrons. The van der Waals surface area contributed by atoms with Crippen molar-refractivity contribution in [2.24, 2.45) is 0 Å². The van der Waals surface area contributed by atoms with Gasteiger partial charge >= 0.3 is 6.03 Å². The van der Waals surface area contributed by atoms with Gasteiger partial charge in [0.2, 0.25) is 5.91 Å². The third kappa shape index (κ3) is 5.64. The zero-order valence-electron chi connectivity index (χ0n) is 13.6. The lowest BCUT2D eigenvalue weighted by Crippen LogP contribution is -2.28. The number of methoxy groups -OCH3 is 1. The van der Waals surface area contributed by atoms with Crippen molar-refractivity contribution < 1.29 is 14.3 Å². The maximum atomic E-state index is 11.9. The van der Waals surface area contributed by atoms with E-state index in [9.17, 15) is 9.59 Å². The molecule has 0 aliphatic rings. The van der Waals surface area contributed by atoms with Crippen molar-refractivity contribution in [3.05, 3.63) is 40.3 Å². The van der Waals surface area contributed by atoms with Gasteiger partial charge in [0.25, 0.3) is 0 Å². The summed E-state index contributed by atoms with van der Waals surface area (Å²) in [5, 5.41) is 11.1. The number of carbonyl (C=O) groups is 2. The van der Waals surface area contributed by atoms with Crippen molar-refractivity contribution in [2.45, 2.75) is 19.9 Å². The summed E-state index contributed by atoms with van der Waals surface area (Å²) in [6.07, 6.45) is 0.887. The number of rotatable bonds is 7. The van der Waals surface area contributed by atoms with Gasteiger partial charge in [0.1, 0.15) is 6.61 Å². The van der Waals surface area contributed by atoms with Gasteiger partial charge in [-0.3, -0.25) is 4.79 Å². The quantitative estimate of drug-likeness (QED) is 0.717. The summed E-state index contributed by atoms with van der Waals surface area (Å²) in [6.45, 7) is 2.39. The Morgan fingerprint density at radius 1 is 1.25 bits per heavy atom. The fourth-order valence-electron chi connectivity index (χ4n) is 1.94. The number of hydrogen-bond donors (Lipinski definition) is 3. The molecule has 0 radical (unpaired) electrons. The highest BCUT2D eigenvalue weighted by atomic mass is 32.1. The monoisotopic (exact) mass is 348 g/mol. The highest BCUT2D eigenvalue weighted by Crippen LogP contribution is 2.15. The minimum absolute atomic E-state index is 0.0223. The molecule has 7 nitrogen and oxygen atoms in total. The van der Waals surface area contributed by atoms with Gasteiger partial charge in [-0.2, -0.15) is 0 Å². The number of hydrogen-bond acceptors (Lipinski definition) is 5. The third-order valence-corrected chi connectivity index (χ3v) is 4.05. The van der Waals surface area contributed by atoms with E-state index >= 15 is 0 Å². The number of urea groups is 1. The van der Waals surface area contributed by atoms with Gasteiger partial charge in [0.15, 0.2) is 0 Å². The molecule has 3 amide bonds. The zero-order valence-corrected chi connectivity index (χ0v) is 14.4. The molecule has 0 fully saturated rings. The fourth-order valence-corrected chi connectivity index (χ4v) is 2.69. The van der Waals surface area contributed by atoms with Gasteiger partial charge in [-0.15, -0.1) is 11.3 Å². The summed E-state index contributed by atoms with van der Waals surface area (Å²) in [5.41, 5.74) is 2.00. The lowest BCUT2D eigenvalue weighted by atomic mass is 10.2. The first-order valence-corrected chi connectivity index (χ1v) is 8.35. The van der Waals surface area contributed by atoms with Gasteiger partial charge < -0.3 is 20.7 Å². The van der Waals surface area contributed by atoms with Crippen LogP contribution in [-0.2, 0) is 22.5 Å². The molecule has 2 rings (SSSR count). The first-order valence-electron chi connectivity index (χ1n) is 7.47. The van der Waals surface area contributed by atoms with Crippen LogP contribution in [0.1, 0.15) is 17.6 Å². The van der Waals surface area contributed by atoms with Crippen LogP contribution >= 0.6 is 11.3 Å². The Bertz CT molecular complexity index is 702. The van der Waals surface area contributed by atoms with Crippen LogP contribution in [0.25, 0.3) is 0 Å². The van der Waals surface area contributed by atoms with E-state index < -0.39 is 0 Å². The van der Waals surface area contributed by atoms with Crippen LogP contribution in [0.5, 0.6) is 0 Å². The van der Waals surface area contributed by atoms with Crippen LogP contribution in [0, 0.1) is 0 Å². The predicted octanol–water partition coefficient (Wildman–Crippen LogP) is 2.61. The molecule has 0 aliphatic carbocycles. The van der Waals surface area contributed by atoms with Crippen molar-refractivity contribution in [1.29, 1.82) is 0 Å². The molecule has 0 atom stereocenters. The summed E-state index contributed by atoms with van der Waals surface area (Å²) in [5.74, 6) is -0.255. The Kier molecular flexibility index (Phi) is 6.71. The minimum Gasteiger partial charge on any atom is -0.375 e. The topological polar surface area (TPSA) is 92.4 Å². The van der Waals surface area contributed by atoms with Gasteiger partial charge in [0.05, 0.1) is 17.2 Å². The summed E-state index contributed by atoms with van der Waals surface area (Å²) in [4.78, 5) is 27.8. The van der Waals surface area contributed by atoms with E-state index in [0.717, 1.165) is 17.1 Å². The van der Waals surface area contributed by atoms with Gasteiger partial charge in [0, 0.05) is 23.9 Å². The molecule has 0 spiro atoms. The van der Waals surface area contributed by atoms with Crippen LogP contribution in [0.15, 0.2) is 29.6 Å². The second-order valence-corrected chi connectivity index (χ2v) is 5.90. The highest BCUT2D eigenvalue weighted by Gasteiger charge is 2.06. The SMILES string of the molecule is CCc1nc(CNC(=O)Nc2cccc(NC(=O)COC)c2)cs1. The van der Waals surface area contributed by atoms with E-state index in [-0.39, 0.29) is 18.5 Å². The highest BCUT2D eigenvalue weighted by molar-refractivity contribution is 7.09. The van der Waals surface area contributed by atoms with Crippen molar-refractivity contribution in [1.82, 2.24) is 10.3 Å². The molecule has 0 aliphatic heterocycles. The molecular formula is C16H20N4O3S. The molecule has 0 unspecified atom stereocenters. The number of amides is 3.